The molecule has 0 fully saturated rings. The zero-order valence-corrected chi connectivity index (χ0v) is 10.4. The van der Waals surface area contributed by atoms with Gasteiger partial charge in [0.2, 0.25) is 0 Å². The molecule has 94 valence electrons. The van der Waals surface area contributed by atoms with Crippen molar-refractivity contribution in [3.63, 3.8) is 0 Å². The molecule has 1 N–H and O–H groups in total. The Balaban J connectivity index is 2.62. The number of rotatable bonds is 3. The molecule has 2 nitrogen and oxygen atoms in total. The van der Waals surface area contributed by atoms with Gasteiger partial charge in [0, 0.05) is 11.6 Å². The Hall–Kier alpha value is -1.87. The van der Waals surface area contributed by atoms with E-state index in [4.69, 9.17) is 4.74 Å². The van der Waals surface area contributed by atoms with Gasteiger partial charge < -0.3 is 9.84 Å². The number of ether oxygens (including phenoxy) is 1. The summed E-state index contributed by atoms with van der Waals surface area (Å²) >= 11 is 0. The van der Waals surface area contributed by atoms with Gasteiger partial charge >= 0.3 is 0 Å². The van der Waals surface area contributed by atoms with Gasteiger partial charge in [-0.3, -0.25) is 0 Å². The minimum atomic E-state index is -0.327. The third kappa shape index (κ3) is 2.22. The standard InChI is InChI=1S/C15H15FO2/c1-10-11(9-17)4-3-5-13(10)14-7-6-12(16)8-15(14)18-2/h3-8,17H,9H2,1-2H3. The highest BCUT2D eigenvalue weighted by Crippen LogP contribution is 2.33. The molecule has 18 heavy (non-hydrogen) atoms. The molecule has 2 rings (SSSR count). The number of aliphatic hydroxyl groups excluding tert-OH is 1. The summed E-state index contributed by atoms with van der Waals surface area (Å²) in [5.41, 5.74) is 3.61. The number of hydrogen-bond donors (Lipinski definition) is 1. The van der Waals surface area contributed by atoms with E-state index in [1.54, 1.807) is 6.07 Å². The van der Waals surface area contributed by atoms with Crippen molar-refractivity contribution in [2.45, 2.75) is 13.5 Å². The Morgan fingerprint density at radius 1 is 1.17 bits per heavy atom. The molecule has 0 saturated carbocycles. The average Bonchev–Trinajstić information content (AvgIpc) is 2.39. The molecule has 0 spiro atoms. The van der Waals surface area contributed by atoms with Crippen LogP contribution in [-0.4, -0.2) is 12.2 Å². The lowest BCUT2D eigenvalue weighted by atomic mass is 9.96. The smallest absolute Gasteiger partial charge is 0.129 e. The maximum absolute atomic E-state index is 13.2. The van der Waals surface area contributed by atoms with E-state index < -0.39 is 0 Å². The van der Waals surface area contributed by atoms with Crippen LogP contribution in [0.15, 0.2) is 36.4 Å². The van der Waals surface area contributed by atoms with Crippen molar-refractivity contribution in [1.82, 2.24) is 0 Å². The van der Waals surface area contributed by atoms with Gasteiger partial charge in [0.25, 0.3) is 0 Å². The zero-order chi connectivity index (χ0) is 13.1. The minimum Gasteiger partial charge on any atom is -0.496 e. The van der Waals surface area contributed by atoms with E-state index in [0.29, 0.717) is 5.75 Å². The van der Waals surface area contributed by atoms with Crippen LogP contribution in [0.2, 0.25) is 0 Å². The maximum atomic E-state index is 13.2. The summed E-state index contributed by atoms with van der Waals surface area (Å²) in [4.78, 5) is 0. The van der Waals surface area contributed by atoms with Crippen LogP contribution in [0.1, 0.15) is 11.1 Å². The molecule has 0 aromatic heterocycles. The van der Waals surface area contributed by atoms with Crippen molar-refractivity contribution >= 4 is 0 Å². The van der Waals surface area contributed by atoms with Gasteiger partial charge in [-0.25, -0.2) is 4.39 Å². The Labute approximate surface area is 106 Å². The molecule has 0 bridgehead atoms. The fraction of sp³-hybridized carbons (Fsp3) is 0.200. The van der Waals surface area contributed by atoms with Gasteiger partial charge in [-0.1, -0.05) is 18.2 Å². The molecule has 0 aliphatic carbocycles. The lowest BCUT2D eigenvalue weighted by Crippen LogP contribution is -1.94. The number of hydrogen-bond acceptors (Lipinski definition) is 2. The van der Waals surface area contributed by atoms with E-state index in [1.165, 1.54) is 19.2 Å². The molecule has 0 atom stereocenters. The van der Waals surface area contributed by atoms with E-state index in [1.807, 2.05) is 25.1 Å². The van der Waals surface area contributed by atoms with E-state index in [2.05, 4.69) is 0 Å². The Morgan fingerprint density at radius 3 is 2.61 bits per heavy atom. The SMILES string of the molecule is COc1cc(F)ccc1-c1cccc(CO)c1C. The summed E-state index contributed by atoms with van der Waals surface area (Å²) in [6.45, 7) is 1.92. The second-order valence-electron chi connectivity index (χ2n) is 4.09. The third-order valence-corrected chi connectivity index (χ3v) is 3.07. The third-order valence-electron chi connectivity index (χ3n) is 3.07. The van der Waals surface area contributed by atoms with Crippen LogP contribution in [0.25, 0.3) is 11.1 Å². The van der Waals surface area contributed by atoms with Crippen molar-refractivity contribution in [1.29, 1.82) is 0 Å². The molecule has 0 heterocycles. The lowest BCUT2D eigenvalue weighted by molar-refractivity contribution is 0.281. The fourth-order valence-electron chi connectivity index (χ4n) is 2.03. The Kier molecular flexibility index (Phi) is 3.63. The molecular formula is C15H15FO2. The van der Waals surface area contributed by atoms with Crippen LogP contribution >= 0.6 is 0 Å². The van der Waals surface area contributed by atoms with Gasteiger partial charge in [0.05, 0.1) is 13.7 Å². The highest BCUT2D eigenvalue weighted by Gasteiger charge is 2.11. The average molecular weight is 246 g/mol. The number of halogens is 1. The van der Waals surface area contributed by atoms with Crippen LogP contribution in [-0.2, 0) is 6.61 Å². The maximum Gasteiger partial charge on any atom is 0.129 e. The number of benzene rings is 2. The zero-order valence-electron chi connectivity index (χ0n) is 10.4. The molecule has 3 heteroatoms. The topological polar surface area (TPSA) is 29.5 Å². The first-order chi connectivity index (χ1) is 8.67. The summed E-state index contributed by atoms with van der Waals surface area (Å²) in [6.07, 6.45) is 0. The van der Waals surface area contributed by atoms with Crippen molar-refractivity contribution in [3.8, 4) is 16.9 Å². The highest BCUT2D eigenvalue weighted by molar-refractivity contribution is 5.74. The van der Waals surface area contributed by atoms with Crippen molar-refractivity contribution in [2.75, 3.05) is 7.11 Å². The molecular weight excluding hydrogens is 231 g/mol. The predicted molar refractivity (Wildman–Crippen MR) is 69.0 cm³/mol. The number of aliphatic hydroxyl groups is 1. The second-order valence-corrected chi connectivity index (χ2v) is 4.09. The van der Waals surface area contributed by atoms with Crippen molar-refractivity contribution < 1.29 is 14.2 Å². The van der Waals surface area contributed by atoms with Gasteiger partial charge in [-0.2, -0.15) is 0 Å². The Morgan fingerprint density at radius 2 is 1.94 bits per heavy atom. The van der Waals surface area contributed by atoms with Crippen LogP contribution in [0.5, 0.6) is 5.75 Å². The molecule has 2 aromatic carbocycles. The van der Waals surface area contributed by atoms with Gasteiger partial charge in [0.1, 0.15) is 11.6 Å². The van der Waals surface area contributed by atoms with Crippen LogP contribution < -0.4 is 4.74 Å². The molecule has 0 amide bonds. The van der Waals surface area contributed by atoms with E-state index in [9.17, 15) is 9.50 Å². The summed E-state index contributed by atoms with van der Waals surface area (Å²) in [6, 6.07) is 10.1. The quantitative estimate of drug-likeness (QED) is 0.900. The molecule has 2 aromatic rings. The fourth-order valence-corrected chi connectivity index (χ4v) is 2.03. The Bertz CT molecular complexity index is 564. The molecule has 0 radical (unpaired) electrons. The van der Waals surface area contributed by atoms with Gasteiger partial charge in [0.15, 0.2) is 0 Å². The van der Waals surface area contributed by atoms with E-state index >= 15 is 0 Å². The van der Waals surface area contributed by atoms with Crippen LogP contribution in [0.4, 0.5) is 4.39 Å². The highest BCUT2D eigenvalue weighted by atomic mass is 19.1. The van der Waals surface area contributed by atoms with E-state index in [-0.39, 0.29) is 12.4 Å². The molecule has 0 aliphatic heterocycles. The lowest BCUT2D eigenvalue weighted by Gasteiger charge is -2.13. The second kappa shape index (κ2) is 5.19. The van der Waals surface area contributed by atoms with Crippen LogP contribution in [0.3, 0.4) is 0 Å². The minimum absolute atomic E-state index is 0.0107. The van der Waals surface area contributed by atoms with Gasteiger partial charge in [-0.15, -0.1) is 0 Å². The van der Waals surface area contributed by atoms with Crippen LogP contribution in [0, 0.1) is 12.7 Å². The largest absolute Gasteiger partial charge is 0.496 e. The molecule has 0 saturated heterocycles. The summed E-state index contributed by atoms with van der Waals surface area (Å²) < 4.78 is 18.4. The van der Waals surface area contributed by atoms with Gasteiger partial charge in [-0.05, 0) is 35.7 Å². The number of methoxy groups -OCH3 is 1. The monoisotopic (exact) mass is 246 g/mol. The first-order valence-electron chi connectivity index (χ1n) is 5.70. The van der Waals surface area contributed by atoms with E-state index in [0.717, 1.165) is 22.3 Å². The first-order valence-corrected chi connectivity index (χ1v) is 5.70. The normalized spacial score (nSPS) is 10.4. The molecule has 0 unspecified atom stereocenters. The van der Waals surface area contributed by atoms with Crippen molar-refractivity contribution in [2.24, 2.45) is 0 Å². The summed E-state index contributed by atoms with van der Waals surface area (Å²) in [7, 11) is 1.52. The summed E-state index contributed by atoms with van der Waals surface area (Å²) in [5.74, 6) is 0.166. The predicted octanol–water partition coefficient (Wildman–Crippen LogP) is 3.30. The summed E-state index contributed by atoms with van der Waals surface area (Å²) in [5, 5.41) is 9.27. The first kappa shape index (κ1) is 12.6. The molecule has 0 aliphatic rings. The van der Waals surface area contributed by atoms with Crippen molar-refractivity contribution in [3.05, 3.63) is 53.3 Å².